The summed E-state index contributed by atoms with van der Waals surface area (Å²) >= 11 is -2.14. The van der Waals surface area contributed by atoms with Crippen LogP contribution < -0.4 is 14.4 Å². The van der Waals surface area contributed by atoms with Crippen LogP contribution in [0.1, 0.15) is 32.6 Å². The predicted octanol–water partition coefficient (Wildman–Crippen LogP) is 2.68. The van der Waals surface area contributed by atoms with E-state index in [-0.39, 0.29) is 12.0 Å². The van der Waals surface area contributed by atoms with Crippen LogP contribution in [0.15, 0.2) is 18.2 Å². The largest absolute Gasteiger partial charge is 0.771 e. The molecule has 0 aromatic heterocycles. The molecule has 1 atom stereocenters. The van der Waals surface area contributed by atoms with Crippen LogP contribution >= 0.6 is 0 Å². The third kappa shape index (κ3) is 4.11. The van der Waals surface area contributed by atoms with Crippen molar-refractivity contribution in [2.24, 2.45) is 0 Å². The van der Waals surface area contributed by atoms with Gasteiger partial charge in [0.2, 0.25) is 0 Å². The van der Waals surface area contributed by atoms with Crippen LogP contribution in [-0.2, 0) is 11.1 Å². The number of methoxy groups -OCH3 is 1. The quantitative estimate of drug-likeness (QED) is 0.724. The molecule has 0 radical (unpaired) electrons. The summed E-state index contributed by atoms with van der Waals surface area (Å²) in [6.07, 6.45) is 4.62. The van der Waals surface area contributed by atoms with Crippen molar-refractivity contribution in [3.63, 3.8) is 0 Å². The average Bonchev–Trinajstić information content (AvgIpc) is 2.98. The minimum atomic E-state index is -2.14. The van der Waals surface area contributed by atoms with E-state index < -0.39 is 11.1 Å². The molecule has 0 amide bonds. The van der Waals surface area contributed by atoms with E-state index in [2.05, 4.69) is 0 Å². The second-order valence-electron chi connectivity index (χ2n) is 5.12. The van der Waals surface area contributed by atoms with Crippen molar-refractivity contribution >= 4 is 16.8 Å². The van der Waals surface area contributed by atoms with E-state index in [1.807, 2.05) is 25.1 Å². The van der Waals surface area contributed by atoms with Crippen LogP contribution in [0.4, 0.5) is 5.69 Å². The Morgan fingerprint density at radius 1 is 1.38 bits per heavy atom. The lowest BCUT2D eigenvalue weighted by molar-refractivity contribution is 0.201. The molecule has 0 saturated heterocycles. The van der Waals surface area contributed by atoms with Gasteiger partial charge in [0.1, 0.15) is 0 Å². The molecule has 1 fully saturated rings. The van der Waals surface area contributed by atoms with Gasteiger partial charge in [0.05, 0.1) is 24.8 Å². The Kier molecular flexibility index (Phi) is 5.87. The fourth-order valence-corrected chi connectivity index (χ4v) is 3.24. The summed E-state index contributed by atoms with van der Waals surface area (Å²) in [4.78, 5) is 1.77. The molecule has 0 aliphatic heterocycles. The second-order valence-corrected chi connectivity index (χ2v) is 5.99. The van der Waals surface area contributed by atoms with Gasteiger partial charge in [0.25, 0.3) is 0 Å². The molecule has 0 bridgehead atoms. The zero-order valence-corrected chi connectivity index (χ0v) is 13.4. The summed E-state index contributed by atoms with van der Waals surface area (Å²) in [6.45, 7) is 2.51. The average molecular weight is 312 g/mol. The number of hydrogen-bond donors (Lipinski definition) is 0. The molecule has 2 rings (SSSR count). The van der Waals surface area contributed by atoms with Crippen molar-refractivity contribution < 1.29 is 18.2 Å². The van der Waals surface area contributed by atoms with E-state index in [0.717, 1.165) is 18.5 Å². The Morgan fingerprint density at radius 3 is 2.67 bits per heavy atom. The van der Waals surface area contributed by atoms with Crippen molar-refractivity contribution in [3.8, 4) is 11.5 Å². The lowest BCUT2D eigenvalue weighted by atomic mass is 10.2. The summed E-state index contributed by atoms with van der Waals surface area (Å²) in [5.41, 5.74) is 0.771. The Bertz CT molecular complexity index is 489. The Morgan fingerprint density at radius 2 is 2.10 bits per heavy atom. The second kappa shape index (κ2) is 7.66. The first-order chi connectivity index (χ1) is 10.2. The monoisotopic (exact) mass is 312 g/mol. The molecule has 0 spiro atoms. The Balaban J connectivity index is 2.31. The van der Waals surface area contributed by atoms with Gasteiger partial charge < -0.3 is 18.9 Å². The molecule has 1 unspecified atom stereocenters. The maximum Gasteiger partial charge on any atom is 0.184 e. The van der Waals surface area contributed by atoms with Crippen LogP contribution in [-0.4, -0.2) is 34.4 Å². The molecule has 1 aromatic rings. The molecule has 5 nitrogen and oxygen atoms in total. The zero-order valence-electron chi connectivity index (χ0n) is 12.5. The van der Waals surface area contributed by atoms with Crippen LogP contribution in [0.5, 0.6) is 11.5 Å². The lowest BCUT2D eigenvalue weighted by Gasteiger charge is -2.28. The highest BCUT2D eigenvalue weighted by atomic mass is 32.2. The van der Waals surface area contributed by atoms with Crippen molar-refractivity contribution in [2.75, 3.05) is 24.4 Å². The first-order valence-electron chi connectivity index (χ1n) is 7.30. The van der Waals surface area contributed by atoms with Crippen LogP contribution in [0.25, 0.3) is 0 Å². The van der Waals surface area contributed by atoms with E-state index in [4.69, 9.17) is 9.47 Å². The zero-order chi connectivity index (χ0) is 15.2. The molecule has 1 saturated carbocycles. The number of ether oxygens (including phenoxy) is 2. The number of benzene rings is 1. The van der Waals surface area contributed by atoms with E-state index in [9.17, 15) is 8.76 Å². The van der Waals surface area contributed by atoms with E-state index in [0.29, 0.717) is 18.0 Å². The van der Waals surface area contributed by atoms with Crippen molar-refractivity contribution in [1.29, 1.82) is 0 Å². The number of hydrogen-bond acceptors (Lipinski definition) is 5. The fraction of sp³-hybridized carbons (Fsp3) is 0.600. The van der Waals surface area contributed by atoms with Gasteiger partial charge in [-0.1, -0.05) is 6.07 Å². The maximum absolute atomic E-state index is 11.0. The van der Waals surface area contributed by atoms with Gasteiger partial charge in [-0.2, -0.15) is 0 Å². The highest BCUT2D eigenvalue weighted by Crippen LogP contribution is 2.40. The van der Waals surface area contributed by atoms with E-state index >= 15 is 0 Å². The maximum atomic E-state index is 11.0. The summed E-state index contributed by atoms with van der Waals surface area (Å²) in [5.74, 6) is 1.25. The van der Waals surface area contributed by atoms with Gasteiger partial charge in [0.15, 0.2) is 11.5 Å². The molecule has 1 aliphatic rings. The highest BCUT2D eigenvalue weighted by molar-refractivity contribution is 7.79. The van der Waals surface area contributed by atoms with Gasteiger partial charge in [-0.3, -0.25) is 4.21 Å². The molecule has 6 heteroatoms. The van der Waals surface area contributed by atoms with Gasteiger partial charge in [-0.25, -0.2) is 0 Å². The normalized spacial score (nSPS) is 16.7. The third-order valence-electron chi connectivity index (χ3n) is 3.75. The van der Waals surface area contributed by atoms with E-state index in [1.165, 1.54) is 12.8 Å². The molecule has 118 valence electrons. The van der Waals surface area contributed by atoms with Crippen LogP contribution in [0, 0.1) is 0 Å². The third-order valence-corrected chi connectivity index (χ3v) is 4.27. The van der Waals surface area contributed by atoms with Gasteiger partial charge in [-0.05, 0) is 55.8 Å². The van der Waals surface area contributed by atoms with Gasteiger partial charge in [-0.15, -0.1) is 0 Å². The molecule has 0 N–H and O–H groups in total. The Labute approximate surface area is 128 Å². The highest BCUT2D eigenvalue weighted by Gasteiger charge is 2.22. The fourth-order valence-electron chi connectivity index (χ4n) is 2.66. The molecule has 1 aromatic carbocycles. The standard InChI is InChI=1S/C15H23NO4S/c1-3-16(11-21(17)18)13-9-6-10-14(19-2)15(13)20-12-7-4-5-8-12/h6,9-10,12H,3-5,7-8,11H2,1-2H3,(H,17,18)/p-1. The van der Waals surface area contributed by atoms with Crippen molar-refractivity contribution in [1.82, 2.24) is 0 Å². The van der Waals surface area contributed by atoms with Crippen LogP contribution in [0.3, 0.4) is 0 Å². The summed E-state index contributed by atoms with van der Waals surface area (Å²) < 4.78 is 33.6. The van der Waals surface area contributed by atoms with Crippen LogP contribution in [0.2, 0.25) is 0 Å². The van der Waals surface area contributed by atoms with E-state index in [1.54, 1.807) is 12.0 Å². The SMILES string of the molecule is CCN(CS(=O)[O-])c1cccc(OC)c1OC1CCCC1. The molecular weight excluding hydrogens is 290 g/mol. The first-order valence-corrected chi connectivity index (χ1v) is 8.54. The first kappa shape index (κ1) is 16.1. The minimum absolute atomic E-state index is 0.0509. The smallest absolute Gasteiger partial charge is 0.184 e. The molecular formula is C15H22NO4S-. The summed E-state index contributed by atoms with van der Waals surface area (Å²) in [5, 5.41) is 0. The molecule has 1 aliphatic carbocycles. The lowest BCUT2D eigenvalue weighted by Crippen LogP contribution is -2.28. The summed E-state index contributed by atoms with van der Waals surface area (Å²) in [7, 11) is 1.60. The van der Waals surface area contributed by atoms with Crippen molar-refractivity contribution in [3.05, 3.63) is 18.2 Å². The van der Waals surface area contributed by atoms with Crippen molar-refractivity contribution in [2.45, 2.75) is 38.7 Å². The number of anilines is 1. The molecule has 21 heavy (non-hydrogen) atoms. The predicted molar refractivity (Wildman–Crippen MR) is 82.7 cm³/mol. The number of nitrogens with zero attached hydrogens (tertiary/aromatic N) is 1. The van der Waals surface area contributed by atoms with Gasteiger partial charge >= 0.3 is 0 Å². The molecule has 0 heterocycles. The Hall–Kier alpha value is -1.27. The topological polar surface area (TPSA) is 61.8 Å². The summed E-state index contributed by atoms with van der Waals surface area (Å²) in [6, 6.07) is 5.57. The number of rotatable bonds is 7. The minimum Gasteiger partial charge on any atom is -0.771 e. The number of para-hydroxylation sites is 1. The van der Waals surface area contributed by atoms with Gasteiger partial charge in [0, 0.05) is 6.54 Å².